The van der Waals surface area contributed by atoms with Crippen molar-refractivity contribution in [3.63, 3.8) is 0 Å². The van der Waals surface area contributed by atoms with Crippen LogP contribution in [-0.4, -0.2) is 12.6 Å². The quantitative estimate of drug-likeness (QED) is 0.422. The Hall–Kier alpha value is -0.790. The highest BCUT2D eigenvalue weighted by Gasteiger charge is 2.59. The van der Waals surface area contributed by atoms with Crippen molar-refractivity contribution in [2.45, 2.75) is 33.1 Å². The van der Waals surface area contributed by atoms with Crippen LogP contribution in [-0.2, 0) is 9.53 Å². The number of hydrogen-bond donors (Lipinski definition) is 0. The normalized spacial score (nSPS) is 37.1. The van der Waals surface area contributed by atoms with Gasteiger partial charge in [-0.3, -0.25) is 4.79 Å². The third kappa shape index (κ3) is 0.862. The fourth-order valence-electron chi connectivity index (χ4n) is 2.68. The van der Waals surface area contributed by atoms with Crippen LogP contribution in [0.25, 0.3) is 0 Å². The third-order valence-corrected chi connectivity index (χ3v) is 4.09. The average Bonchev–Trinajstić information content (AvgIpc) is 2.52. The van der Waals surface area contributed by atoms with Gasteiger partial charge in [-0.15, -0.1) is 0 Å². The van der Waals surface area contributed by atoms with E-state index in [-0.39, 0.29) is 16.8 Å². The first-order chi connectivity index (χ1) is 6.01. The molecule has 1 aliphatic carbocycles. The molecule has 2 fully saturated rings. The number of carbonyl (C=O) groups is 1. The minimum atomic E-state index is -0.246. The van der Waals surface area contributed by atoms with E-state index in [1.165, 1.54) is 5.57 Å². The molecule has 1 saturated carbocycles. The largest absolute Gasteiger partial charge is 0.465 e. The Morgan fingerprint density at radius 2 is 2.08 bits per heavy atom. The van der Waals surface area contributed by atoms with Gasteiger partial charge < -0.3 is 4.74 Å². The van der Waals surface area contributed by atoms with E-state index >= 15 is 0 Å². The van der Waals surface area contributed by atoms with Gasteiger partial charge in [0, 0.05) is 5.41 Å². The Morgan fingerprint density at radius 1 is 1.38 bits per heavy atom. The molecule has 2 nitrogen and oxygen atoms in total. The summed E-state index contributed by atoms with van der Waals surface area (Å²) >= 11 is 0. The molecule has 0 unspecified atom stereocenters. The highest BCUT2D eigenvalue weighted by atomic mass is 16.5. The van der Waals surface area contributed by atoms with Crippen LogP contribution in [0.15, 0.2) is 12.2 Å². The minimum absolute atomic E-state index is 0.00356. The summed E-state index contributed by atoms with van der Waals surface area (Å²) in [5.74, 6) is -0.00356. The Morgan fingerprint density at radius 3 is 2.46 bits per heavy atom. The summed E-state index contributed by atoms with van der Waals surface area (Å²) in [4.78, 5) is 11.7. The lowest BCUT2D eigenvalue weighted by Gasteiger charge is -2.34. The van der Waals surface area contributed by atoms with Gasteiger partial charge in [0.2, 0.25) is 0 Å². The first kappa shape index (κ1) is 8.79. The summed E-state index contributed by atoms with van der Waals surface area (Å²) in [5, 5.41) is 0. The fraction of sp³-hybridized carbons (Fsp3) is 0.727. The van der Waals surface area contributed by atoms with Crippen molar-refractivity contribution in [1.82, 2.24) is 0 Å². The maximum Gasteiger partial charge on any atom is 0.313 e. The molecule has 0 radical (unpaired) electrons. The van der Waals surface area contributed by atoms with E-state index in [1.807, 2.05) is 0 Å². The number of esters is 1. The van der Waals surface area contributed by atoms with Crippen molar-refractivity contribution >= 4 is 5.97 Å². The zero-order valence-corrected chi connectivity index (χ0v) is 8.35. The summed E-state index contributed by atoms with van der Waals surface area (Å²) in [6.07, 6.45) is 2.78. The minimum Gasteiger partial charge on any atom is -0.465 e. The third-order valence-electron chi connectivity index (χ3n) is 4.09. The molecule has 72 valence electrons. The lowest BCUT2D eigenvalue weighted by molar-refractivity contribution is -0.149. The van der Waals surface area contributed by atoms with Crippen LogP contribution in [0.5, 0.6) is 0 Å². The second kappa shape index (κ2) is 2.37. The summed E-state index contributed by atoms with van der Waals surface area (Å²) in [6, 6.07) is 0. The summed E-state index contributed by atoms with van der Waals surface area (Å²) in [5.41, 5.74) is 0.886. The van der Waals surface area contributed by atoms with Crippen LogP contribution in [0.1, 0.15) is 33.1 Å². The molecule has 1 aliphatic heterocycles. The van der Waals surface area contributed by atoms with Crippen LogP contribution in [0.2, 0.25) is 0 Å². The molecule has 2 heteroatoms. The zero-order chi connectivity index (χ0) is 9.69. The van der Waals surface area contributed by atoms with E-state index in [0.29, 0.717) is 6.61 Å². The van der Waals surface area contributed by atoms with Crippen LogP contribution in [0.4, 0.5) is 0 Å². The molecule has 0 aromatic rings. The van der Waals surface area contributed by atoms with E-state index < -0.39 is 0 Å². The molecule has 0 bridgehead atoms. The molecule has 0 N–H and O–H groups in total. The molecule has 1 saturated heterocycles. The van der Waals surface area contributed by atoms with Gasteiger partial charge in [-0.05, 0) is 19.3 Å². The first-order valence-electron chi connectivity index (χ1n) is 4.86. The van der Waals surface area contributed by atoms with E-state index in [1.54, 1.807) is 0 Å². The van der Waals surface area contributed by atoms with Crippen molar-refractivity contribution < 1.29 is 9.53 Å². The molecule has 2 aliphatic rings. The van der Waals surface area contributed by atoms with Crippen LogP contribution >= 0.6 is 0 Å². The van der Waals surface area contributed by atoms with Gasteiger partial charge in [-0.1, -0.05) is 26.0 Å². The van der Waals surface area contributed by atoms with Crippen molar-refractivity contribution in [1.29, 1.82) is 0 Å². The Bertz CT molecular complexity index is 278. The van der Waals surface area contributed by atoms with Crippen LogP contribution in [0.3, 0.4) is 0 Å². The maximum atomic E-state index is 11.7. The van der Waals surface area contributed by atoms with Gasteiger partial charge >= 0.3 is 5.97 Å². The Labute approximate surface area is 79.0 Å². The highest BCUT2D eigenvalue weighted by Crippen LogP contribution is 2.59. The van der Waals surface area contributed by atoms with E-state index in [2.05, 4.69) is 20.4 Å². The van der Waals surface area contributed by atoms with Crippen molar-refractivity contribution in [2.75, 3.05) is 6.61 Å². The van der Waals surface area contributed by atoms with Crippen LogP contribution in [0, 0.1) is 10.8 Å². The van der Waals surface area contributed by atoms with E-state index in [9.17, 15) is 4.79 Å². The van der Waals surface area contributed by atoms with E-state index in [0.717, 1.165) is 19.3 Å². The molecular weight excluding hydrogens is 164 g/mol. The topological polar surface area (TPSA) is 26.3 Å². The molecule has 1 atom stereocenters. The average molecular weight is 180 g/mol. The highest BCUT2D eigenvalue weighted by molar-refractivity contribution is 5.81. The van der Waals surface area contributed by atoms with E-state index in [4.69, 9.17) is 4.74 Å². The van der Waals surface area contributed by atoms with Gasteiger partial charge in [0.1, 0.15) is 0 Å². The standard InChI is InChI=1S/C11H16O2/c1-8-4-5-11(10(8,2)3)6-7-13-9(11)12/h1,4-7H2,2-3H3/t11-/m1/s1. The van der Waals surface area contributed by atoms with Gasteiger partial charge in [0.25, 0.3) is 0 Å². The second-order valence-electron chi connectivity index (χ2n) is 4.70. The lowest BCUT2D eigenvalue weighted by Crippen LogP contribution is -2.37. The predicted molar refractivity (Wildman–Crippen MR) is 50.2 cm³/mol. The molecule has 0 amide bonds. The first-order valence-corrected chi connectivity index (χ1v) is 4.86. The van der Waals surface area contributed by atoms with Crippen LogP contribution < -0.4 is 0 Å². The molecule has 0 aromatic heterocycles. The monoisotopic (exact) mass is 180 g/mol. The molecule has 0 aromatic carbocycles. The Balaban J connectivity index is 2.44. The summed E-state index contributed by atoms with van der Waals surface area (Å²) in [7, 11) is 0. The zero-order valence-electron chi connectivity index (χ0n) is 8.35. The van der Waals surface area contributed by atoms with Gasteiger partial charge in [-0.2, -0.15) is 0 Å². The van der Waals surface area contributed by atoms with Crippen molar-refractivity contribution in [3.8, 4) is 0 Å². The smallest absolute Gasteiger partial charge is 0.313 e. The molecule has 2 rings (SSSR count). The number of allylic oxidation sites excluding steroid dienone is 1. The predicted octanol–water partition coefficient (Wildman–Crippen LogP) is 2.30. The van der Waals surface area contributed by atoms with Gasteiger partial charge in [-0.25, -0.2) is 0 Å². The van der Waals surface area contributed by atoms with Crippen molar-refractivity contribution in [3.05, 3.63) is 12.2 Å². The number of ether oxygens (including phenoxy) is 1. The Kier molecular flexibility index (Phi) is 1.60. The molecule has 1 heterocycles. The second-order valence-corrected chi connectivity index (χ2v) is 4.70. The summed E-state index contributed by atoms with van der Waals surface area (Å²) < 4.78 is 5.09. The number of cyclic esters (lactones) is 1. The number of carbonyl (C=O) groups excluding carboxylic acids is 1. The fourth-order valence-corrected chi connectivity index (χ4v) is 2.68. The summed E-state index contributed by atoms with van der Waals surface area (Å²) in [6.45, 7) is 8.89. The van der Waals surface area contributed by atoms with Gasteiger partial charge in [0.05, 0.1) is 12.0 Å². The van der Waals surface area contributed by atoms with Gasteiger partial charge in [0.15, 0.2) is 0 Å². The molecule has 13 heavy (non-hydrogen) atoms. The number of rotatable bonds is 0. The SMILES string of the molecule is C=C1CC[C@]2(CCOC2=O)C1(C)C. The molecule has 1 spiro atoms. The van der Waals surface area contributed by atoms with Crippen molar-refractivity contribution in [2.24, 2.45) is 10.8 Å². The number of hydrogen-bond acceptors (Lipinski definition) is 2. The molecular formula is C11H16O2. The maximum absolute atomic E-state index is 11.7. The lowest BCUT2D eigenvalue weighted by atomic mass is 9.66.